The Hall–Kier alpha value is -5.41. The number of fused-ring (bicyclic) bond motifs is 11. The van der Waals surface area contributed by atoms with Gasteiger partial charge in [-0.3, -0.25) is 4.98 Å². The van der Waals surface area contributed by atoms with Gasteiger partial charge in [-0.15, -0.1) is 0 Å². The van der Waals surface area contributed by atoms with E-state index < -0.39 is 0 Å². The third-order valence-electron chi connectivity index (χ3n) is 8.30. The van der Waals surface area contributed by atoms with E-state index in [1.165, 1.54) is 54.4 Å². The maximum atomic E-state index is 5.00. The highest BCUT2D eigenvalue weighted by Gasteiger charge is 2.21. The van der Waals surface area contributed by atoms with Crippen molar-refractivity contribution in [3.05, 3.63) is 140 Å². The van der Waals surface area contributed by atoms with Gasteiger partial charge in [0.05, 0.1) is 27.6 Å². The van der Waals surface area contributed by atoms with E-state index in [2.05, 4.69) is 143 Å². The molecular formula is C37H23N3. The minimum atomic E-state index is 1.02. The molecule has 9 aromatic rings. The van der Waals surface area contributed by atoms with Crippen molar-refractivity contribution in [2.24, 2.45) is 0 Å². The second-order valence-electron chi connectivity index (χ2n) is 10.4. The molecule has 0 fully saturated rings. The smallest absolute Gasteiger partial charge is 0.0802 e. The van der Waals surface area contributed by atoms with Gasteiger partial charge in [-0.05, 0) is 66.0 Å². The fraction of sp³-hybridized carbons (Fsp3) is 0. The maximum Gasteiger partial charge on any atom is 0.0802 e. The molecule has 0 saturated carbocycles. The Morgan fingerprint density at radius 3 is 1.75 bits per heavy atom. The third-order valence-corrected chi connectivity index (χ3v) is 8.30. The zero-order valence-electron chi connectivity index (χ0n) is 21.6. The molecule has 0 saturated heterocycles. The van der Waals surface area contributed by atoms with Crippen molar-refractivity contribution in [2.75, 3.05) is 0 Å². The molecule has 3 heterocycles. The number of hydrogen-bond acceptors (Lipinski definition) is 1. The van der Waals surface area contributed by atoms with Gasteiger partial charge >= 0.3 is 0 Å². The van der Waals surface area contributed by atoms with Crippen LogP contribution in [0, 0.1) is 0 Å². The summed E-state index contributed by atoms with van der Waals surface area (Å²) in [6.07, 6.45) is 1.92. The fourth-order valence-corrected chi connectivity index (χ4v) is 6.70. The fourth-order valence-electron chi connectivity index (χ4n) is 6.70. The molecule has 0 bridgehead atoms. The van der Waals surface area contributed by atoms with Crippen molar-refractivity contribution in [3.8, 4) is 11.4 Å². The second-order valence-corrected chi connectivity index (χ2v) is 10.4. The van der Waals surface area contributed by atoms with Crippen LogP contribution in [0.4, 0.5) is 0 Å². The van der Waals surface area contributed by atoms with Crippen LogP contribution in [0.25, 0.3) is 76.7 Å². The number of hydrogen-bond donors (Lipinski definition) is 0. The lowest BCUT2D eigenvalue weighted by Crippen LogP contribution is -1.95. The summed E-state index contributed by atoms with van der Waals surface area (Å²) in [5.41, 5.74) is 8.14. The lowest BCUT2D eigenvalue weighted by atomic mass is 9.97. The highest BCUT2D eigenvalue weighted by molar-refractivity contribution is 6.33. The van der Waals surface area contributed by atoms with Crippen LogP contribution >= 0.6 is 0 Å². The highest BCUT2D eigenvalue weighted by Crippen LogP contribution is 2.44. The topological polar surface area (TPSA) is 22.8 Å². The van der Waals surface area contributed by atoms with Crippen molar-refractivity contribution in [3.63, 3.8) is 0 Å². The molecule has 3 nitrogen and oxygen atoms in total. The molecule has 186 valence electrons. The normalized spacial score (nSPS) is 12.0. The number of pyridine rings is 1. The van der Waals surface area contributed by atoms with Gasteiger partial charge in [0.1, 0.15) is 0 Å². The van der Waals surface area contributed by atoms with Crippen LogP contribution in [0.1, 0.15) is 0 Å². The molecule has 9 rings (SSSR count). The Morgan fingerprint density at radius 2 is 1.00 bits per heavy atom. The standard InChI is InChI=1S/C37H23N3/c1-3-12-24(13-4-1)39-32-19-9-7-16-26(32)29-22-30-31(23-34(29)39)36-28(18-11-21-38-36)37-35(30)27-17-8-10-20-33(27)40(37)25-14-5-2-6-15-25/h1-23H. The number of rotatable bonds is 2. The molecule has 0 amide bonds. The van der Waals surface area contributed by atoms with Gasteiger partial charge in [0.2, 0.25) is 0 Å². The first-order chi connectivity index (χ1) is 19.9. The summed E-state index contributed by atoms with van der Waals surface area (Å²) in [6, 6.07) is 47.9. The van der Waals surface area contributed by atoms with Gasteiger partial charge in [0.25, 0.3) is 0 Å². The Bertz CT molecular complexity index is 2410. The maximum absolute atomic E-state index is 5.00. The summed E-state index contributed by atoms with van der Waals surface area (Å²) in [7, 11) is 0. The molecule has 6 aromatic carbocycles. The van der Waals surface area contributed by atoms with E-state index in [4.69, 9.17) is 4.98 Å². The van der Waals surface area contributed by atoms with Crippen molar-refractivity contribution in [1.82, 2.24) is 14.1 Å². The third kappa shape index (κ3) is 2.81. The van der Waals surface area contributed by atoms with Crippen LogP contribution < -0.4 is 0 Å². The Morgan fingerprint density at radius 1 is 0.400 bits per heavy atom. The molecule has 0 N–H and O–H groups in total. The average molecular weight is 510 g/mol. The van der Waals surface area contributed by atoms with Gasteiger partial charge < -0.3 is 9.13 Å². The zero-order valence-corrected chi connectivity index (χ0v) is 21.6. The summed E-state index contributed by atoms with van der Waals surface area (Å²) in [5.74, 6) is 0. The summed E-state index contributed by atoms with van der Waals surface area (Å²) in [5, 5.41) is 8.59. The minimum Gasteiger partial charge on any atom is -0.309 e. The van der Waals surface area contributed by atoms with Crippen LogP contribution in [0.2, 0.25) is 0 Å². The van der Waals surface area contributed by atoms with Gasteiger partial charge in [-0.2, -0.15) is 0 Å². The van der Waals surface area contributed by atoms with Crippen LogP contribution in [-0.4, -0.2) is 14.1 Å². The number of nitrogens with zero attached hydrogens (tertiary/aromatic N) is 3. The Balaban J connectivity index is 1.57. The van der Waals surface area contributed by atoms with Crippen LogP contribution in [0.5, 0.6) is 0 Å². The first kappa shape index (κ1) is 21.5. The molecule has 0 aliphatic rings. The lowest BCUT2D eigenvalue weighted by molar-refractivity contribution is 1.18. The van der Waals surface area contributed by atoms with Crippen molar-refractivity contribution in [2.45, 2.75) is 0 Å². The molecule has 40 heavy (non-hydrogen) atoms. The van der Waals surface area contributed by atoms with E-state index in [1.54, 1.807) is 0 Å². The molecule has 0 spiro atoms. The predicted octanol–water partition coefficient (Wildman–Crippen LogP) is 9.58. The van der Waals surface area contributed by atoms with E-state index in [9.17, 15) is 0 Å². The molecule has 3 heteroatoms. The molecule has 3 aromatic heterocycles. The van der Waals surface area contributed by atoms with Crippen molar-refractivity contribution < 1.29 is 0 Å². The number of benzene rings is 6. The first-order valence-corrected chi connectivity index (χ1v) is 13.7. The number of para-hydroxylation sites is 4. The van der Waals surface area contributed by atoms with Crippen LogP contribution in [0.3, 0.4) is 0 Å². The average Bonchev–Trinajstić information content (AvgIpc) is 3.54. The largest absolute Gasteiger partial charge is 0.309 e. The van der Waals surface area contributed by atoms with E-state index in [0.29, 0.717) is 0 Å². The molecular weight excluding hydrogens is 486 g/mol. The summed E-state index contributed by atoms with van der Waals surface area (Å²) >= 11 is 0. The highest BCUT2D eigenvalue weighted by atomic mass is 15.0. The Labute approximate surface area is 230 Å². The van der Waals surface area contributed by atoms with Gasteiger partial charge in [0.15, 0.2) is 0 Å². The molecule has 0 radical (unpaired) electrons. The van der Waals surface area contributed by atoms with E-state index in [0.717, 1.165) is 22.3 Å². The molecule has 0 unspecified atom stereocenters. The minimum absolute atomic E-state index is 1.02. The number of aromatic nitrogens is 3. The quantitative estimate of drug-likeness (QED) is 0.213. The SMILES string of the molecule is c1ccc(-n2c3ccccc3c3cc4c(cc32)c2ncccc2c2c4c3ccccc3n2-c2ccccc2)cc1. The second kappa shape index (κ2) is 8.05. The molecule has 0 aliphatic carbocycles. The molecule has 0 aliphatic heterocycles. The summed E-state index contributed by atoms with van der Waals surface area (Å²) in [4.78, 5) is 5.00. The summed E-state index contributed by atoms with van der Waals surface area (Å²) < 4.78 is 4.79. The Kier molecular flexibility index (Phi) is 4.33. The predicted molar refractivity (Wildman–Crippen MR) is 168 cm³/mol. The van der Waals surface area contributed by atoms with E-state index in [1.807, 2.05) is 6.20 Å². The van der Waals surface area contributed by atoms with Gasteiger partial charge in [0, 0.05) is 49.9 Å². The van der Waals surface area contributed by atoms with E-state index in [-0.39, 0.29) is 0 Å². The molecule has 0 atom stereocenters. The van der Waals surface area contributed by atoms with Gasteiger partial charge in [-0.1, -0.05) is 72.8 Å². The first-order valence-electron chi connectivity index (χ1n) is 13.7. The van der Waals surface area contributed by atoms with Crippen LogP contribution in [0.15, 0.2) is 140 Å². The van der Waals surface area contributed by atoms with Crippen LogP contribution in [-0.2, 0) is 0 Å². The van der Waals surface area contributed by atoms with E-state index >= 15 is 0 Å². The van der Waals surface area contributed by atoms with Crippen molar-refractivity contribution >= 4 is 65.3 Å². The van der Waals surface area contributed by atoms with Gasteiger partial charge in [-0.25, -0.2) is 0 Å². The lowest BCUT2D eigenvalue weighted by Gasteiger charge is -2.12. The summed E-state index contributed by atoms with van der Waals surface area (Å²) in [6.45, 7) is 0. The monoisotopic (exact) mass is 509 g/mol. The van der Waals surface area contributed by atoms with Crippen molar-refractivity contribution in [1.29, 1.82) is 0 Å². The zero-order chi connectivity index (χ0) is 26.2.